The van der Waals surface area contributed by atoms with Crippen molar-refractivity contribution < 1.29 is 14.3 Å². The van der Waals surface area contributed by atoms with Crippen LogP contribution in [0.15, 0.2) is 36.8 Å². The molecule has 1 N–H and O–H groups in total. The van der Waals surface area contributed by atoms with Crippen LogP contribution in [-0.2, 0) is 11.2 Å². The van der Waals surface area contributed by atoms with E-state index in [-0.39, 0.29) is 5.69 Å². The van der Waals surface area contributed by atoms with Crippen molar-refractivity contribution in [1.29, 1.82) is 0 Å². The average Bonchev–Trinajstić information content (AvgIpc) is 2.32. The van der Waals surface area contributed by atoms with Gasteiger partial charge in [-0.25, -0.2) is 4.39 Å². The Labute approximate surface area is 96.8 Å². The Morgan fingerprint density at radius 1 is 1.29 bits per heavy atom. The van der Waals surface area contributed by atoms with Gasteiger partial charge in [0.1, 0.15) is 5.82 Å². The van der Waals surface area contributed by atoms with Gasteiger partial charge in [0.25, 0.3) is 0 Å². The third-order valence-corrected chi connectivity index (χ3v) is 2.25. The van der Waals surface area contributed by atoms with Crippen LogP contribution >= 0.6 is 0 Å². The zero-order valence-electron chi connectivity index (χ0n) is 8.80. The summed E-state index contributed by atoms with van der Waals surface area (Å²) in [7, 11) is 0. The molecule has 4 nitrogen and oxygen atoms in total. The number of pyridine rings is 2. The van der Waals surface area contributed by atoms with Crippen LogP contribution in [0.25, 0.3) is 11.1 Å². The number of hydrogen-bond acceptors (Lipinski definition) is 3. The van der Waals surface area contributed by atoms with Gasteiger partial charge in [-0.05, 0) is 23.8 Å². The van der Waals surface area contributed by atoms with Crippen molar-refractivity contribution in [3.8, 4) is 11.1 Å². The van der Waals surface area contributed by atoms with Crippen LogP contribution in [0.3, 0.4) is 0 Å². The second-order valence-electron chi connectivity index (χ2n) is 3.46. The van der Waals surface area contributed by atoms with E-state index in [1.165, 1.54) is 12.3 Å². The first-order chi connectivity index (χ1) is 8.16. The van der Waals surface area contributed by atoms with Crippen molar-refractivity contribution in [2.75, 3.05) is 0 Å². The number of nitrogens with zero attached hydrogens (tertiary/aromatic N) is 2. The van der Waals surface area contributed by atoms with Gasteiger partial charge in [-0.15, -0.1) is 0 Å². The van der Waals surface area contributed by atoms with E-state index >= 15 is 0 Å². The van der Waals surface area contributed by atoms with Crippen molar-refractivity contribution in [2.45, 2.75) is 6.42 Å². The fraction of sp³-hybridized carbons (Fsp3) is 0.0833. The lowest BCUT2D eigenvalue weighted by Gasteiger charge is -2.03. The van der Waals surface area contributed by atoms with Gasteiger partial charge in [0, 0.05) is 24.2 Å². The van der Waals surface area contributed by atoms with Crippen LogP contribution in [0.1, 0.15) is 5.69 Å². The Balaban J connectivity index is 2.34. The fourth-order valence-electron chi connectivity index (χ4n) is 1.44. The largest absolute Gasteiger partial charge is 0.481 e. The highest BCUT2D eigenvalue weighted by molar-refractivity contribution is 5.70. The molecule has 0 radical (unpaired) electrons. The van der Waals surface area contributed by atoms with Crippen molar-refractivity contribution in [2.24, 2.45) is 0 Å². The molecule has 86 valence electrons. The molecule has 2 heterocycles. The summed E-state index contributed by atoms with van der Waals surface area (Å²) >= 11 is 0. The minimum atomic E-state index is -1.10. The summed E-state index contributed by atoms with van der Waals surface area (Å²) < 4.78 is 13.6. The molecule has 0 unspecified atom stereocenters. The summed E-state index contributed by atoms with van der Waals surface area (Å²) in [4.78, 5) is 18.1. The Morgan fingerprint density at radius 2 is 2.00 bits per heavy atom. The zero-order valence-corrected chi connectivity index (χ0v) is 8.80. The van der Waals surface area contributed by atoms with Crippen molar-refractivity contribution >= 4 is 5.97 Å². The van der Waals surface area contributed by atoms with Gasteiger partial charge in [-0.3, -0.25) is 14.8 Å². The Bertz CT molecular complexity index is 543. The van der Waals surface area contributed by atoms with Gasteiger partial charge in [0.05, 0.1) is 12.1 Å². The molecule has 2 rings (SSSR count). The first-order valence-electron chi connectivity index (χ1n) is 4.93. The number of carboxylic acid groups (broad SMARTS) is 1. The number of aromatic nitrogens is 2. The molecule has 0 bridgehead atoms. The van der Waals surface area contributed by atoms with E-state index in [0.29, 0.717) is 5.56 Å². The lowest BCUT2D eigenvalue weighted by molar-refractivity contribution is -0.136. The Kier molecular flexibility index (Phi) is 3.09. The SMILES string of the molecule is O=C(O)Cc1ncc(-c2ccncc2)cc1F. The molecule has 0 aliphatic rings. The molecule has 0 aromatic carbocycles. The monoisotopic (exact) mass is 232 g/mol. The second-order valence-corrected chi connectivity index (χ2v) is 3.46. The molecule has 0 aliphatic heterocycles. The van der Waals surface area contributed by atoms with Gasteiger partial charge < -0.3 is 5.11 Å². The van der Waals surface area contributed by atoms with Crippen LogP contribution in [0.5, 0.6) is 0 Å². The maximum atomic E-state index is 13.6. The molecular weight excluding hydrogens is 223 g/mol. The van der Waals surface area contributed by atoms with E-state index in [4.69, 9.17) is 5.11 Å². The molecule has 0 amide bonds. The fourth-order valence-corrected chi connectivity index (χ4v) is 1.44. The summed E-state index contributed by atoms with van der Waals surface area (Å²) in [6.07, 6.45) is 4.23. The molecule has 5 heteroatoms. The maximum Gasteiger partial charge on any atom is 0.309 e. The predicted octanol–water partition coefficient (Wildman–Crippen LogP) is 1.91. The number of aliphatic carboxylic acids is 1. The minimum absolute atomic E-state index is 0.0599. The van der Waals surface area contributed by atoms with E-state index in [1.807, 2.05) is 0 Å². The lowest BCUT2D eigenvalue weighted by atomic mass is 10.1. The first kappa shape index (κ1) is 11.2. The molecule has 17 heavy (non-hydrogen) atoms. The van der Waals surface area contributed by atoms with Gasteiger partial charge >= 0.3 is 5.97 Å². The molecule has 0 saturated carbocycles. The number of halogens is 1. The summed E-state index contributed by atoms with van der Waals surface area (Å²) in [6.45, 7) is 0. The second kappa shape index (κ2) is 4.69. The molecule has 2 aromatic rings. The van der Waals surface area contributed by atoms with Gasteiger partial charge in [0.2, 0.25) is 0 Å². The number of carboxylic acids is 1. The van der Waals surface area contributed by atoms with E-state index in [1.54, 1.807) is 24.5 Å². The van der Waals surface area contributed by atoms with Gasteiger partial charge in [-0.2, -0.15) is 0 Å². The first-order valence-corrected chi connectivity index (χ1v) is 4.93. The van der Waals surface area contributed by atoms with Crippen LogP contribution in [0.4, 0.5) is 4.39 Å². The third-order valence-electron chi connectivity index (χ3n) is 2.25. The van der Waals surface area contributed by atoms with Crippen LogP contribution in [0.2, 0.25) is 0 Å². The normalized spacial score (nSPS) is 10.2. The Morgan fingerprint density at radius 3 is 2.59 bits per heavy atom. The summed E-state index contributed by atoms with van der Waals surface area (Å²) in [5.74, 6) is -1.71. The van der Waals surface area contributed by atoms with E-state index < -0.39 is 18.2 Å². The van der Waals surface area contributed by atoms with Crippen LogP contribution in [-0.4, -0.2) is 21.0 Å². The van der Waals surface area contributed by atoms with Crippen molar-refractivity contribution in [1.82, 2.24) is 9.97 Å². The number of rotatable bonds is 3. The number of carbonyl (C=O) groups is 1. The standard InChI is InChI=1S/C12H9FN2O2/c13-10-5-9(8-1-3-14-4-2-8)7-15-11(10)6-12(16)17/h1-5,7H,6H2,(H,16,17). The van der Waals surface area contributed by atoms with Gasteiger partial charge in [-0.1, -0.05) is 0 Å². The summed E-state index contributed by atoms with van der Waals surface area (Å²) in [6, 6.07) is 4.74. The smallest absolute Gasteiger partial charge is 0.309 e. The topological polar surface area (TPSA) is 63.1 Å². The van der Waals surface area contributed by atoms with E-state index in [2.05, 4.69) is 9.97 Å². The molecule has 0 saturated heterocycles. The molecule has 0 fully saturated rings. The predicted molar refractivity (Wildman–Crippen MR) is 58.8 cm³/mol. The third kappa shape index (κ3) is 2.63. The van der Waals surface area contributed by atoms with Crippen LogP contribution < -0.4 is 0 Å². The van der Waals surface area contributed by atoms with E-state index in [9.17, 15) is 9.18 Å². The summed E-state index contributed by atoms with van der Waals surface area (Å²) in [5, 5.41) is 8.56. The molecule has 0 atom stereocenters. The highest BCUT2D eigenvalue weighted by Crippen LogP contribution is 2.19. The minimum Gasteiger partial charge on any atom is -0.481 e. The van der Waals surface area contributed by atoms with Gasteiger partial charge in [0.15, 0.2) is 0 Å². The number of hydrogen-bond donors (Lipinski definition) is 1. The molecule has 2 aromatic heterocycles. The molecule has 0 aliphatic carbocycles. The van der Waals surface area contributed by atoms with Crippen molar-refractivity contribution in [3.05, 3.63) is 48.3 Å². The molecular formula is C12H9FN2O2. The highest BCUT2D eigenvalue weighted by Gasteiger charge is 2.09. The maximum absolute atomic E-state index is 13.6. The zero-order chi connectivity index (χ0) is 12.3. The Hall–Kier alpha value is -2.30. The quantitative estimate of drug-likeness (QED) is 0.877. The average molecular weight is 232 g/mol. The van der Waals surface area contributed by atoms with Crippen molar-refractivity contribution in [3.63, 3.8) is 0 Å². The molecule has 0 spiro atoms. The summed E-state index contributed by atoms with van der Waals surface area (Å²) in [5.41, 5.74) is 1.32. The highest BCUT2D eigenvalue weighted by atomic mass is 19.1. The lowest BCUT2D eigenvalue weighted by Crippen LogP contribution is -2.05. The van der Waals surface area contributed by atoms with Crippen LogP contribution in [0, 0.1) is 5.82 Å². The van der Waals surface area contributed by atoms with E-state index in [0.717, 1.165) is 5.56 Å².